The van der Waals surface area contributed by atoms with E-state index < -0.39 is 18.1 Å². The van der Waals surface area contributed by atoms with E-state index in [0.29, 0.717) is 0 Å². The number of carboxylic acid groups (broad SMARTS) is 1. The Morgan fingerprint density at radius 1 is 1.64 bits per heavy atom. The van der Waals surface area contributed by atoms with E-state index in [4.69, 9.17) is 10.2 Å². The Bertz CT molecular complexity index is 183. The molecule has 1 saturated heterocycles. The number of nitrogens with zero attached hydrogens (tertiary/aromatic N) is 2. The van der Waals surface area contributed by atoms with Gasteiger partial charge < -0.3 is 10.2 Å². The van der Waals surface area contributed by atoms with Crippen LogP contribution in [0, 0.1) is 4.91 Å². The smallest absolute Gasteiger partial charge is 0.330 e. The monoisotopic (exact) mass is 160 g/mol. The molecule has 0 unspecified atom stereocenters. The van der Waals surface area contributed by atoms with Crippen LogP contribution in [-0.2, 0) is 4.79 Å². The molecule has 1 rings (SSSR count). The van der Waals surface area contributed by atoms with Gasteiger partial charge in [-0.3, -0.25) is 0 Å². The molecule has 0 aromatic heterocycles. The molecule has 0 radical (unpaired) electrons. The fourth-order valence-corrected chi connectivity index (χ4v) is 1.14. The van der Waals surface area contributed by atoms with Gasteiger partial charge in [0.05, 0.1) is 11.4 Å². The largest absolute Gasteiger partial charge is 0.480 e. The number of hydrogen-bond donors (Lipinski definition) is 2. The maximum absolute atomic E-state index is 10.4. The Morgan fingerprint density at radius 3 is 2.64 bits per heavy atom. The highest BCUT2D eigenvalue weighted by atomic mass is 16.4. The molecular formula is C5H8N2O4. The second kappa shape index (κ2) is 2.83. The lowest BCUT2D eigenvalue weighted by Crippen LogP contribution is -2.38. The first-order chi connectivity index (χ1) is 5.16. The molecule has 11 heavy (non-hydrogen) atoms. The first-order valence-electron chi connectivity index (χ1n) is 3.17. The number of nitroso groups, excluding NO2 is 1. The lowest BCUT2D eigenvalue weighted by molar-refractivity contribution is -0.145. The molecule has 0 aliphatic carbocycles. The number of aliphatic carboxylic acids is 1. The molecule has 1 aliphatic heterocycles. The Labute approximate surface area is 62.4 Å². The van der Waals surface area contributed by atoms with E-state index in [2.05, 4.69) is 5.29 Å². The van der Waals surface area contributed by atoms with Gasteiger partial charge in [0, 0.05) is 6.54 Å². The summed E-state index contributed by atoms with van der Waals surface area (Å²) in [5.74, 6) is -1.21. The highest BCUT2D eigenvalue weighted by Gasteiger charge is 2.38. The van der Waals surface area contributed by atoms with Crippen LogP contribution in [0.5, 0.6) is 0 Å². The van der Waals surface area contributed by atoms with Crippen LogP contribution in [0.1, 0.15) is 6.42 Å². The Morgan fingerprint density at radius 2 is 2.27 bits per heavy atom. The standard InChI is InChI=1S/C5H8N2O4/c8-3-1-2-7(6-11)4(3)5(9)10/h3-4,8H,1-2H2,(H,9,10)/t3-,4-/m0/s1. The van der Waals surface area contributed by atoms with E-state index in [9.17, 15) is 9.70 Å². The topological polar surface area (TPSA) is 90.2 Å². The van der Waals surface area contributed by atoms with Crippen LogP contribution in [-0.4, -0.2) is 39.9 Å². The fourth-order valence-electron chi connectivity index (χ4n) is 1.14. The average Bonchev–Trinajstić information content (AvgIpc) is 2.30. The lowest BCUT2D eigenvalue weighted by Gasteiger charge is -2.14. The molecule has 2 N–H and O–H groups in total. The van der Waals surface area contributed by atoms with Crippen LogP contribution >= 0.6 is 0 Å². The molecule has 0 aromatic rings. The SMILES string of the molecule is O=NN1CC[C@H](O)[C@H]1C(=O)O. The number of aliphatic hydroxyl groups excluding tert-OH is 1. The number of aliphatic hydroxyl groups is 1. The van der Waals surface area contributed by atoms with Crippen molar-refractivity contribution in [1.82, 2.24) is 5.01 Å². The van der Waals surface area contributed by atoms with Crippen molar-refractivity contribution in [3.63, 3.8) is 0 Å². The molecule has 0 amide bonds. The summed E-state index contributed by atoms with van der Waals surface area (Å²) in [6.07, 6.45) is -0.701. The fraction of sp³-hybridized carbons (Fsp3) is 0.800. The second-order valence-electron chi connectivity index (χ2n) is 2.38. The normalized spacial score (nSPS) is 30.5. The van der Waals surface area contributed by atoms with E-state index in [1.807, 2.05) is 0 Å². The first kappa shape index (κ1) is 7.93. The van der Waals surface area contributed by atoms with Crippen LogP contribution in [0.4, 0.5) is 0 Å². The minimum atomic E-state index is -1.21. The van der Waals surface area contributed by atoms with Gasteiger partial charge in [-0.25, -0.2) is 9.80 Å². The minimum Gasteiger partial charge on any atom is -0.480 e. The first-order valence-corrected chi connectivity index (χ1v) is 3.17. The summed E-state index contributed by atoms with van der Waals surface area (Å²) in [6, 6.07) is -1.16. The molecular weight excluding hydrogens is 152 g/mol. The second-order valence-corrected chi connectivity index (χ2v) is 2.38. The summed E-state index contributed by atoms with van der Waals surface area (Å²) in [5, 5.41) is 20.8. The van der Waals surface area contributed by atoms with E-state index in [1.165, 1.54) is 0 Å². The predicted octanol–water partition coefficient (Wildman–Crippen LogP) is -0.812. The summed E-state index contributed by atoms with van der Waals surface area (Å²) in [4.78, 5) is 20.3. The van der Waals surface area contributed by atoms with Gasteiger partial charge in [-0.2, -0.15) is 0 Å². The zero-order valence-corrected chi connectivity index (χ0v) is 5.67. The number of rotatable bonds is 2. The summed E-state index contributed by atoms with van der Waals surface area (Å²) >= 11 is 0. The quantitative estimate of drug-likeness (QED) is 0.515. The number of carboxylic acids is 1. The van der Waals surface area contributed by atoms with Crippen molar-refractivity contribution in [2.75, 3.05) is 6.54 Å². The molecule has 6 nitrogen and oxygen atoms in total. The highest BCUT2D eigenvalue weighted by molar-refractivity contribution is 5.74. The summed E-state index contributed by atoms with van der Waals surface area (Å²) in [7, 11) is 0. The third-order valence-electron chi connectivity index (χ3n) is 1.70. The van der Waals surface area contributed by atoms with Crippen LogP contribution in [0.3, 0.4) is 0 Å². The maximum atomic E-state index is 10.4. The average molecular weight is 160 g/mol. The highest BCUT2D eigenvalue weighted by Crippen LogP contribution is 2.17. The molecule has 2 atom stereocenters. The zero-order valence-electron chi connectivity index (χ0n) is 5.67. The van der Waals surface area contributed by atoms with Gasteiger partial charge in [-0.05, 0) is 6.42 Å². The summed E-state index contributed by atoms with van der Waals surface area (Å²) in [6.45, 7) is 0.210. The zero-order chi connectivity index (χ0) is 8.43. The van der Waals surface area contributed by atoms with Gasteiger partial charge in [0.15, 0.2) is 6.04 Å². The van der Waals surface area contributed by atoms with E-state index in [-0.39, 0.29) is 13.0 Å². The minimum absolute atomic E-state index is 0.210. The van der Waals surface area contributed by atoms with Crippen molar-refractivity contribution < 1.29 is 15.0 Å². The van der Waals surface area contributed by atoms with Crippen molar-refractivity contribution in [2.45, 2.75) is 18.6 Å². The molecule has 0 spiro atoms. The predicted molar refractivity (Wildman–Crippen MR) is 34.5 cm³/mol. The van der Waals surface area contributed by atoms with E-state index >= 15 is 0 Å². The molecule has 0 aromatic carbocycles. The van der Waals surface area contributed by atoms with E-state index in [0.717, 1.165) is 5.01 Å². The van der Waals surface area contributed by atoms with Gasteiger partial charge >= 0.3 is 5.97 Å². The third-order valence-corrected chi connectivity index (χ3v) is 1.70. The van der Waals surface area contributed by atoms with Crippen molar-refractivity contribution in [2.24, 2.45) is 5.29 Å². The molecule has 1 aliphatic rings. The Kier molecular flexibility index (Phi) is 2.04. The molecule has 0 bridgehead atoms. The van der Waals surface area contributed by atoms with Gasteiger partial charge in [0.1, 0.15) is 0 Å². The molecule has 1 fully saturated rings. The van der Waals surface area contributed by atoms with Crippen molar-refractivity contribution in [1.29, 1.82) is 0 Å². The van der Waals surface area contributed by atoms with Crippen LogP contribution in [0.15, 0.2) is 5.29 Å². The third kappa shape index (κ3) is 1.30. The van der Waals surface area contributed by atoms with Crippen LogP contribution < -0.4 is 0 Å². The molecule has 6 heteroatoms. The van der Waals surface area contributed by atoms with Gasteiger partial charge in [0.25, 0.3) is 0 Å². The lowest BCUT2D eigenvalue weighted by atomic mass is 10.2. The Balaban J connectivity index is 2.70. The summed E-state index contributed by atoms with van der Waals surface area (Å²) in [5.41, 5.74) is 0. The number of hydrogen-bond acceptors (Lipinski definition) is 4. The van der Waals surface area contributed by atoms with Crippen molar-refractivity contribution >= 4 is 5.97 Å². The van der Waals surface area contributed by atoms with Crippen molar-refractivity contribution in [3.05, 3.63) is 4.91 Å². The van der Waals surface area contributed by atoms with Crippen LogP contribution in [0.25, 0.3) is 0 Å². The molecule has 1 heterocycles. The molecule has 62 valence electrons. The van der Waals surface area contributed by atoms with Gasteiger partial charge in [0.2, 0.25) is 0 Å². The molecule has 0 saturated carbocycles. The van der Waals surface area contributed by atoms with Crippen molar-refractivity contribution in [3.8, 4) is 0 Å². The van der Waals surface area contributed by atoms with Crippen LogP contribution in [0.2, 0.25) is 0 Å². The van der Waals surface area contributed by atoms with E-state index in [1.54, 1.807) is 0 Å². The maximum Gasteiger partial charge on any atom is 0.330 e. The Hall–Kier alpha value is -1.17. The van der Waals surface area contributed by atoms with Gasteiger partial charge in [-0.1, -0.05) is 0 Å². The summed E-state index contributed by atoms with van der Waals surface area (Å²) < 4.78 is 0. The number of carbonyl (C=O) groups is 1. The van der Waals surface area contributed by atoms with Gasteiger partial charge in [-0.15, -0.1) is 4.91 Å².